The molecule has 2 rings (SSSR count). The number of rotatable bonds is 4. The summed E-state index contributed by atoms with van der Waals surface area (Å²) in [5.74, 6) is -0.216. The number of carbonyl (C=O) groups is 1. The average molecular weight is 305 g/mol. The van der Waals surface area contributed by atoms with Crippen molar-refractivity contribution < 1.29 is 14.6 Å². The number of phenols is 1. The van der Waals surface area contributed by atoms with Gasteiger partial charge in [0.2, 0.25) is 0 Å². The van der Waals surface area contributed by atoms with E-state index in [2.05, 4.69) is 10.5 Å². The van der Waals surface area contributed by atoms with Gasteiger partial charge in [0.05, 0.1) is 18.3 Å². The molecule has 0 bridgehead atoms. The second-order valence-corrected chi connectivity index (χ2v) is 4.53. The number of ether oxygens (including phenoxy) is 1. The Morgan fingerprint density at radius 1 is 1.33 bits per heavy atom. The lowest BCUT2D eigenvalue weighted by atomic mass is 10.2. The molecule has 0 saturated carbocycles. The van der Waals surface area contributed by atoms with Gasteiger partial charge in [-0.3, -0.25) is 4.79 Å². The van der Waals surface area contributed by atoms with E-state index in [0.29, 0.717) is 11.1 Å². The van der Waals surface area contributed by atoms with E-state index in [1.165, 1.54) is 19.4 Å². The SMILES string of the molecule is COc1cc(/C=N/NC(=O)c2ccccc2)cc(Cl)c1O. The highest BCUT2D eigenvalue weighted by Crippen LogP contribution is 2.34. The maximum atomic E-state index is 11.8. The van der Waals surface area contributed by atoms with Gasteiger partial charge < -0.3 is 9.84 Å². The van der Waals surface area contributed by atoms with Crippen LogP contribution in [0.2, 0.25) is 5.02 Å². The molecule has 0 aromatic heterocycles. The third kappa shape index (κ3) is 3.73. The minimum absolute atomic E-state index is 0.135. The second kappa shape index (κ2) is 6.76. The summed E-state index contributed by atoms with van der Waals surface area (Å²) in [6, 6.07) is 11.8. The van der Waals surface area contributed by atoms with Crippen molar-refractivity contribution in [2.75, 3.05) is 7.11 Å². The molecule has 0 fully saturated rings. The fraction of sp³-hybridized carbons (Fsp3) is 0.0667. The number of hydrogen-bond acceptors (Lipinski definition) is 4. The first-order chi connectivity index (χ1) is 10.1. The predicted octanol–water partition coefficient (Wildman–Crippen LogP) is 2.82. The molecule has 2 aromatic carbocycles. The molecule has 0 aliphatic carbocycles. The number of halogens is 1. The van der Waals surface area contributed by atoms with Crippen LogP contribution in [0, 0.1) is 0 Å². The lowest BCUT2D eigenvalue weighted by Gasteiger charge is -2.06. The molecule has 108 valence electrons. The number of aromatic hydroxyl groups is 1. The summed E-state index contributed by atoms with van der Waals surface area (Å²) in [4.78, 5) is 11.8. The van der Waals surface area contributed by atoms with Crippen LogP contribution in [0.5, 0.6) is 11.5 Å². The molecule has 0 saturated heterocycles. The van der Waals surface area contributed by atoms with Crippen LogP contribution in [0.15, 0.2) is 47.6 Å². The van der Waals surface area contributed by atoms with Crippen molar-refractivity contribution in [1.29, 1.82) is 0 Å². The highest BCUT2D eigenvalue weighted by Gasteiger charge is 2.08. The Hall–Kier alpha value is -2.53. The zero-order valence-corrected chi connectivity index (χ0v) is 12.0. The lowest BCUT2D eigenvalue weighted by Crippen LogP contribution is -2.17. The fourth-order valence-electron chi connectivity index (χ4n) is 1.64. The molecule has 5 nitrogen and oxygen atoms in total. The Labute approximate surface area is 126 Å². The molecule has 0 spiro atoms. The van der Waals surface area contributed by atoms with Crippen LogP contribution < -0.4 is 10.2 Å². The van der Waals surface area contributed by atoms with E-state index in [4.69, 9.17) is 16.3 Å². The van der Waals surface area contributed by atoms with Gasteiger partial charge in [-0.05, 0) is 29.8 Å². The first-order valence-electron chi connectivity index (χ1n) is 6.06. The van der Waals surface area contributed by atoms with Crippen LogP contribution in [0.3, 0.4) is 0 Å². The Morgan fingerprint density at radius 3 is 2.71 bits per heavy atom. The Balaban J connectivity index is 2.08. The zero-order chi connectivity index (χ0) is 15.2. The fourth-order valence-corrected chi connectivity index (χ4v) is 1.86. The van der Waals surface area contributed by atoms with E-state index >= 15 is 0 Å². The third-order valence-electron chi connectivity index (χ3n) is 2.69. The van der Waals surface area contributed by atoms with E-state index in [-0.39, 0.29) is 22.4 Å². The summed E-state index contributed by atoms with van der Waals surface area (Å²) in [5, 5.41) is 13.6. The minimum Gasteiger partial charge on any atom is -0.503 e. The predicted molar refractivity (Wildman–Crippen MR) is 81.2 cm³/mol. The molecule has 0 radical (unpaired) electrons. The molecule has 0 aliphatic rings. The first-order valence-corrected chi connectivity index (χ1v) is 6.44. The Kier molecular flexibility index (Phi) is 4.79. The number of hydrazone groups is 1. The van der Waals surface area contributed by atoms with Crippen molar-refractivity contribution in [3.05, 3.63) is 58.6 Å². The van der Waals surface area contributed by atoms with Crippen LogP contribution in [0.4, 0.5) is 0 Å². The van der Waals surface area contributed by atoms with Crippen molar-refractivity contribution in [1.82, 2.24) is 5.43 Å². The van der Waals surface area contributed by atoms with Gasteiger partial charge in [-0.1, -0.05) is 29.8 Å². The van der Waals surface area contributed by atoms with Crippen molar-refractivity contribution in [2.24, 2.45) is 5.10 Å². The molecular weight excluding hydrogens is 292 g/mol. The molecular formula is C15H13ClN2O3. The van der Waals surface area contributed by atoms with Crippen molar-refractivity contribution in [3.63, 3.8) is 0 Å². The van der Waals surface area contributed by atoms with E-state index in [1.54, 1.807) is 30.3 Å². The molecule has 1 amide bonds. The van der Waals surface area contributed by atoms with E-state index < -0.39 is 0 Å². The molecule has 0 atom stereocenters. The van der Waals surface area contributed by atoms with E-state index in [9.17, 15) is 9.90 Å². The monoisotopic (exact) mass is 304 g/mol. The molecule has 0 heterocycles. The minimum atomic E-state index is -0.316. The van der Waals surface area contributed by atoms with Crippen LogP contribution in [-0.2, 0) is 0 Å². The van der Waals surface area contributed by atoms with Gasteiger partial charge in [-0.2, -0.15) is 5.10 Å². The molecule has 6 heteroatoms. The van der Waals surface area contributed by atoms with E-state index in [1.807, 2.05) is 6.07 Å². The van der Waals surface area contributed by atoms with Crippen LogP contribution >= 0.6 is 11.6 Å². The standard InChI is InChI=1S/C15H13ClN2O3/c1-21-13-8-10(7-12(16)14(13)19)9-17-18-15(20)11-5-3-2-4-6-11/h2-9,19H,1H3,(H,18,20)/b17-9+. The summed E-state index contributed by atoms with van der Waals surface area (Å²) in [6.45, 7) is 0. The molecule has 0 unspecified atom stereocenters. The second-order valence-electron chi connectivity index (χ2n) is 4.12. The van der Waals surface area contributed by atoms with Gasteiger partial charge >= 0.3 is 0 Å². The highest BCUT2D eigenvalue weighted by molar-refractivity contribution is 6.32. The maximum Gasteiger partial charge on any atom is 0.271 e. The summed E-state index contributed by atoms with van der Waals surface area (Å²) in [6.07, 6.45) is 1.41. The third-order valence-corrected chi connectivity index (χ3v) is 2.97. The van der Waals surface area contributed by atoms with Crippen LogP contribution in [-0.4, -0.2) is 24.3 Å². The highest BCUT2D eigenvalue weighted by atomic mass is 35.5. The van der Waals surface area contributed by atoms with Crippen molar-refractivity contribution in [3.8, 4) is 11.5 Å². The Morgan fingerprint density at radius 2 is 2.05 bits per heavy atom. The summed E-state index contributed by atoms with van der Waals surface area (Å²) < 4.78 is 4.98. The summed E-state index contributed by atoms with van der Waals surface area (Å²) in [7, 11) is 1.42. The number of nitrogens with one attached hydrogen (secondary N) is 1. The molecule has 0 aliphatic heterocycles. The van der Waals surface area contributed by atoms with Crippen LogP contribution in [0.25, 0.3) is 0 Å². The van der Waals surface area contributed by atoms with Gasteiger partial charge in [0.1, 0.15) is 0 Å². The van der Waals surface area contributed by atoms with Gasteiger partial charge in [0.15, 0.2) is 11.5 Å². The van der Waals surface area contributed by atoms with Gasteiger partial charge in [0, 0.05) is 5.56 Å². The largest absolute Gasteiger partial charge is 0.503 e. The average Bonchev–Trinajstić information content (AvgIpc) is 2.51. The number of methoxy groups -OCH3 is 1. The molecule has 2 N–H and O–H groups in total. The lowest BCUT2D eigenvalue weighted by molar-refractivity contribution is 0.0955. The normalized spacial score (nSPS) is 10.6. The first kappa shape index (κ1) is 14.9. The summed E-state index contributed by atoms with van der Waals surface area (Å²) >= 11 is 5.86. The molecule has 21 heavy (non-hydrogen) atoms. The number of benzene rings is 2. The molecule has 2 aromatic rings. The number of amides is 1. The Bertz CT molecular complexity index is 672. The van der Waals surface area contributed by atoms with Crippen molar-refractivity contribution >= 4 is 23.7 Å². The quantitative estimate of drug-likeness (QED) is 0.674. The van der Waals surface area contributed by atoms with Gasteiger partial charge in [-0.15, -0.1) is 0 Å². The smallest absolute Gasteiger partial charge is 0.271 e. The van der Waals surface area contributed by atoms with Gasteiger partial charge in [0.25, 0.3) is 5.91 Å². The number of phenolic OH excluding ortho intramolecular Hbond substituents is 1. The number of nitrogens with zero attached hydrogens (tertiary/aromatic N) is 1. The maximum absolute atomic E-state index is 11.8. The topological polar surface area (TPSA) is 70.9 Å². The zero-order valence-electron chi connectivity index (χ0n) is 11.2. The van der Waals surface area contributed by atoms with E-state index in [0.717, 1.165) is 0 Å². The summed E-state index contributed by atoms with van der Waals surface area (Å²) in [5.41, 5.74) is 3.50. The number of hydrogen-bond donors (Lipinski definition) is 2. The van der Waals surface area contributed by atoms with Gasteiger partial charge in [-0.25, -0.2) is 5.43 Å². The number of carbonyl (C=O) groups excluding carboxylic acids is 1. The van der Waals surface area contributed by atoms with Crippen LogP contribution in [0.1, 0.15) is 15.9 Å². The van der Waals surface area contributed by atoms with Crippen molar-refractivity contribution in [2.45, 2.75) is 0 Å².